The predicted octanol–water partition coefficient (Wildman–Crippen LogP) is 3.86. The Morgan fingerprint density at radius 2 is 1.14 bits per heavy atom. The first-order valence-corrected chi connectivity index (χ1v) is 10.4. The van der Waals surface area contributed by atoms with Gasteiger partial charge in [0, 0.05) is 12.8 Å². The van der Waals surface area contributed by atoms with Crippen LogP contribution in [0.25, 0.3) is 0 Å². The first-order chi connectivity index (χ1) is 13.5. The molecule has 0 aliphatic heterocycles. The summed E-state index contributed by atoms with van der Waals surface area (Å²) < 4.78 is 30.8. The molecule has 0 spiro atoms. The second kappa shape index (κ2) is 8.40. The quantitative estimate of drug-likeness (QED) is 0.571. The maximum atomic E-state index is 13.8. The van der Waals surface area contributed by atoms with Crippen molar-refractivity contribution in [1.82, 2.24) is 0 Å². The van der Waals surface area contributed by atoms with Crippen molar-refractivity contribution in [3.8, 4) is 0 Å². The number of carbonyl (C=O) groups excluding carboxylic acids is 1. The molecule has 144 valence electrons. The highest BCUT2D eigenvalue weighted by Crippen LogP contribution is 2.34. The summed E-state index contributed by atoms with van der Waals surface area (Å²) in [6, 6.07) is 26.4. The van der Waals surface area contributed by atoms with E-state index in [9.17, 15) is 13.2 Å². The molecule has 3 rings (SSSR count). The van der Waals surface area contributed by atoms with Crippen molar-refractivity contribution in [3.05, 3.63) is 102 Å². The van der Waals surface area contributed by atoms with E-state index in [0.717, 1.165) is 11.1 Å². The maximum Gasteiger partial charge on any atom is 0.328 e. The van der Waals surface area contributed by atoms with Gasteiger partial charge >= 0.3 is 5.97 Å². The topological polar surface area (TPSA) is 60.4 Å². The van der Waals surface area contributed by atoms with Crippen molar-refractivity contribution in [3.63, 3.8) is 0 Å². The van der Waals surface area contributed by atoms with Gasteiger partial charge in [-0.2, -0.15) is 0 Å². The van der Waals surface area contributed by atoms with Crippen molar-refractivity contribution in [1.29, 1.82) is 0 Å². The van der Waals surface area contributed by atoms with Crippen LogP contribution in [0.3, 0.4) is 0 Å². The molecule has 0 saturated carbocycles. The molecule has 0 aliphatic rings. The lowest BCUT2D eigenvalue weighted by atomic mass is 9.91. The number of rotatable bonds is 7. The summed E-state index contributed by atoms with van der Waals surface area (Å²) in [6.07, 6.45) is 0.0409. The zero-order valence-corrected chi connectivity index (χ0v) is 16.4. The van der Waals surface area contributed by atoms with Gasteiger partial charge in [-0.25, -0.2) is 8.42 Å². The molecule has 0 unspecified atom stereocenters. The van der Waals surface area contributed by atoms with Crippen LogP contribution in [-0.2, 0) is 32.2 Å². The summed E-state index contributed by atoms with van der Waals surface area (Å²) >= 11 is 0. The Bertz CT molecular complexity index is 972. The number of sulfone groups is 1. The van der Waals surface area contributed by atoms with Crippen LogP contribution in [0.1, 0.15) is 11.1 Å². The second-order valence-electron chi connectivity index (χ2n) is 6.63. The van der Waals surface area contributed by atoms with Crippen LogP contribution >= 0.6 is 0 Å². The van der Waals surface area contributed by atoms with Crippen molar-refractivity contribution in [2.75, 3.05) is 7.11 Å². The van der Waals surface area contributed by atoms with Crippen LogP contribution in [0.2, 0.25) is 0 Å². The van der Waals surface area contributed by atoms with E-state index in [1.54, 1.807) is 18.2 Å². The number of ether oxygens (including phenoxy) is 1. The summed E-state index contributed by atoms with van der Waals surface area (Å²) in [5, 5.41) is 0. The fourth-order valence-electron chi connectivity index (χ4n) is 3.37. The van der Waals surface area contributed by atoms with Crippen LogP contribution in [-0.4, -0.2) is 26.2 Å². The summed E-state index contributed by atoms with van der Waals surface area (Å²) in [5.41, 5.74) is 1.51. The maximum absolute atomic E-state index is 13.8. The Morgan fingerprint density at radius 3 is 1.54 bits per heavy atom. The minimum atomic E-state index is -4.04. The lowest BCUT2D eigenvalue weighted by Gasteiger charge is -2.31. The summed E-state index contributed by atoms with van der Waals surface area (Å²) in [7, 11) is -2.82. The van der Waals surface area contributed by atoms with E-state index in [4.69, 9.17) is 4.74 Å². The molecule has 0 atom stereocenters. The molecule has 3 aromatic rings. The third kappa shape index (κ3) is 3.85. The minimum Gasteiger partial charge on any atom is -0.468 e. The molecule has 4 nitrogen and oxygen atoms in total. The average Bonchev–Trinajstić information content (AvgIpc) is 2.74. The third-order valence-electron chi connectivity index (χ3n) is 4.79. The highest BCUT2D eigenvalue weighted by atomic mass is 32.2. The Kier molecular flexibility index (Phi) is 5.95. The van der Waals surface area contributed by atoms with Gasteiger partial charge < -0.3 is 4.74 Å². The molecule has 3 aromatic carbocycles. The molecular formula is C23H22O4S. The van der Waals surface area contributed by atoms with Gasteiger partial charge in [0.25, 0.3) is 0 Å². The Labute approximate surface area is 165 Å². The van der Waals surface area contributed by atoms with Gasteiger partial charge in [0.05, 0.1) is 12.0 Å². The van der Waals surface area contributed by atoms with E-state index < -0.39 is 20.6 Å². The summed E-state index contributed by atoms with van der Waals surface area (Å²) in [6.45, 7) is 0. The first kappa shape index (κ1) is 19.8. The van der Waals surface area contributed by atoms with E-state index in [1.807, 2.05) is 60.7 Å². The second-order valence-corrected chi connectivity index (χ2v) is 8.89. The van der Waals surface area contributed by atoms with Gasteiger partial charge in [-0.15, -0.1) is 0 Å². The molecule has 0 radical (unpaired) electrons. The van der Waals surface area contributed by atoms with Crippen LogP contribution in [0.5, 0.6) is 0 Å². The molecule has 28 heavy (non-hydrogen) atoms. The van der Waals surface area contributed by atoms with Crippen LogP contribution in [0.4, 0.5) is 0 Å². The van der Waals surface area contributed by atoms with E-state index >= 15 is 0 Å². The lowest BCUT2D eigenvalue weighted by molar-refractivity contribution is -0.143. The lowest BCUT2D eigenvalue weighted by Crippen LogP contribution is -2.51. The smallest absolute Gasteiger partial charge is 0.328 e. The van der Waals surface area contributed by atoms with E-state index in [2.05, 4.69) is 0 Å². The molecule has 0 aliphatic carbocycles. The van der Waals surface area contributed by atoms with Gasteiger partial charge in [-0.3, -0.25) is 4.79 Å². The first-order valence-electron chi connectivity index (χ1n) is 8.95. The molecule has 0 amide bonds. The normalized spacial score (nSPS) is 11.8. The van der Waals surface area contributed by atoms with Crippen molar-refractivity contribution in [2.24, 2.45) is 0 Å². The largest absolute Gasteiger partial charge is 0.468 e. The van der Waals surface area contributed by atoms with Gasteiger partial charge in [-0.1, -0.05) is 78.9 Å². The number of hydrogen-bond donors (Lipinski definition) is 0. The van der Waals surface area contributed by atoms with Crippen molar-refractivity contribution < 1.29 is 17.9 Å². The van der Waals surface area contributed by atoms with Gasteiger partial charge in [0.1, 0.15) is 0 Å². The van der Waals surface area contributed by atoms with E-state index in [0.29, 0.717) is 0 Å². The number of benzene rings is 3. The average molecular weight is 394 g/mol. The fraction of sp³-hybridized carbons (Fsp3) is 0.174. The highest BCUT2D eigenvalue weighted by molar-refractivity contribution is 7.93. The van der Waals surface area contributed by atoms with Gasteiger partial charge in [-0.05, 0) is 23.3 Å². The highest BCUT2D eigenvalue weighted by Gasteiger charge is 2.52. The number of carbonyl (C=O) groups is 1. The number of methoxy groups -OCH3 is 1. The monoisotopic (exact) mass is 394 g/mol. The minimum absolute atomic E-state index is 0.0205. The fourth-order valence-corrected chi connectivity index (χ4v) is 5.35. The Balaban J connectivity index is 2.21. The van der Waals surface area contributed by atoms with Gasteiger partial charge in [0.15, 0.2) is 14.6 Å². The molecule has 0 bridgehead atoms. The van der Waals surface area contributed by atoms with Gasteiger partial charge in [0.2, 0.25) is 0 Å². The van der Waals surface area contributed by atoms with E-state index in [1.165, 1.54) is 19.2 Å². The SMILES string of the molecule is COC(=O)C(Cc1ccccc1)(Cc1ccccc1)S(=O)(=O)c1ccccc1. The van der Waals surface area contributed by atoms with Crippen LogP contribution in [0, 0.1) is 0 Å². The summed E-state index contributed by atoms with van der Waals surface area (Å²) in [4.78, 5) is 13.2. The molecule has 0 saturated heterocycles. The molecule has 0 heterocycles. The number of esters is 1. The zero-order chi connectivity index (χ0) is 20.0. The Morgan fingerprint density at radius 1 is 0.750 bits per heavy atom. The van der Waals surface area contributed by atoms with Crippen LogP contribution < -0.4 is 0 Å². The summed E-state index contributed by atoms with van der Waals surface area (Å²) in [5.74, 6) is -0.760. The molecule has 5 heteroatoms. The van der Waals surface area contributed by atoms with Crippen LogP contribution in [0.15, 0.2) is 95.9 Å². The van der Waals surface area contributed by atoms with Crippen molar-refractivity contribution >= 4 is 15.8 Å². The number of hydrogen-bond acceptors (Lipinski definition) is 4. The molecular weight excluding hydrogens is 372 g/mol. The Hall–Kier alpha value is -2.92. The van der Waals surface area contributed by atoms with Crippen molar-refractivity contribution in [2.45, 2.75) is 22.5 Å². The van der Waals surface area contributed by atoms with E-state index in [-0.39, 0.29) is 17.7 Å². The molecule has 0 fully saturated rings. The standard InChI is InChI=1S/C23H22O4S/c1-27-22(24)23(17-19-11-5-2-6-12-19,18-20-13-7-3-8-14-20)28(25,26)21-15-9-4-10-16-21/h2-16H,17-18H2,1H3. The molecule has 0 N–H and O–H groups in total. The predicted molar refractivity (Wildman–Crippen MR) is 109 cm³/mol. The molecule has 0 aromatic heterocycles. The zero-order valence-electron chi connectivity index (χ0n) is 15.6. The third-order valence-corrected chi connectivity index (χ3v) is 7.17.